The van der Waals surface area contributed by atoms with E-state index in [1.165, 1.54) is 0 Å². The number of halogens is 1. The first-order valence-electron chi connectivity index (χ1n) is 9.87. The number of methoxy groups -OCH3 is 1. The molecular weight excluding hydrogens is 386 g/mol. The van der Waals surface area contributed by atoms with Crippen molar-refractivity contribution < 1.29 is 9.53 Å². The number of ether oxygens (including phenoxy) is 1. The monoisotopic (exact) mass is 409 g/mol. The summed E-state index contributed by atoms with van der Waals surface area (Å²) in [7, 11) is 1.66. The molecule has 2 aromatic carbocycles. The van der Waals surface area contributed by atoms with Crippen LogP contribution in [0.15, 0.2) is 54.7 Å². The second kappa shape index (κ2) is 8.70. The van der Waals surface area contributed by atoms with E-state index in [1.807, 2.05) is 59.6 Å². The molecule has 0 spiro atoms. The molecule has 2 heterocycles. The Morgan fingerprint density at radius 2 is 2.10 bits per heavy atom. The number of amides is 1. The zero-order valence-electron chi connectivity index (χ0n) is 16.4. The third-order valence-corrected chi connectivity index (χ3v) is 5.75. The van der Waals surface area contributed by atoms with Crippen LogP contribution < -0.4 is 4.74 Å². The third kappa shape index (κ3) is 4.30. The van der Waals surface area contributed by atoms with Gasteiger partial charge < -0.3 is 9.64 Å². The number of H-pyrrole nitrogens is 1. The molecule has 0 radical (unpaired) electrons. The van der Waals surface area contributed by atoms with Crippen LogP contribution in [0.1, 0.15) is 36.6 Å². The van der Waals surface area contributed by atoms with E-state index in [0.717, 1.165) is 47.5 Å². The fourth-order valence-electron chi connectivity index (χ4n) is 3.98. The van der Waals surface area contributed by atoms with Gasteiger partial charge in [-0.25, -0.2) is 0 Å². The second-order valence-corrected chi connectivity index (χ2v) is 7.74. The van der Waals surface area contributed by atoms with Gasteiger partial charge in [-0.2, -0.15) is 5.10 Å². The van der Waals surface area contributed by atoms with Crippen molar-refractivity contribution >= 4 is 17.5 Å². The maximum absolute atomic E-state index is 13.0. The highest BCUT2D eigenvalue weighted by molar-refractivity contribution is 6.30. The summed E-state index contributed by atoms with van der Waals surface area (Å²) in [6.07, 6.45) is 4.96. The molecule has 1 amide bonds. The van der Waals surface area contributed by atoms with Crippen LogP contribution in [0.2, 0.25) is 5.02 Å². The smallest absolute Gasteiger partial charge is 0.223 e. The first kappa shape index (κ1) is 19.5. The molecule has 0 saturated carbocycles. The third-order valence-electron chi connectivity index (χ3n) is 5.50. The van der Waals surface area contributed by atoms with Crippen molar-refractivity contribution in [2.45, 2.75) is 31.7 Å². The van der Waals surface area contributed by atoms with Gasteiger partial charge in [-0.1, -0.05) is 35.9 Å². The van der Waals surface area contributed by atoms with Gasteiger partial charge in [-0.3, -0.25) is 9.89 Å². The molecule has 0 bridgehead atoms. The van der Waals surface area contributed by atoms with E-state index in [0.29, 0.717) is 17.9 Å². The Labute approximate surface area is 175 Å². The summed E-state index contributed by atoms with van der Waals surface area (Å²) in [5.41, 5.74) is 4.17. The number of aryl methyl sites for hydroxylation is 1. The first-order valence-corrected chi connectivity index (χ1v) is 10.2. The number of carbonyl (C=O) groups is 1. The van der Waals surface area contributed by atoms with Gasteiger partial charge in [-0.15, -0.1) is 0 Å². The van der Waals surface area contributed by atoms with Crippen molar-refractivity contribution in [2.24, 2.45) is 0 Å². The zero-order chi connectivity index (χ0) is 20.2. The molecule has 6 heteroatoms. The Balaban J connectivity index is 1.50. The Hall–Kier alpha value is -2.79. The molecule has 4 rings (SSSR count). The molecule has 1 atom stereocenters. The molecule has 1 N–H and O–H groups in total. The van der Waals surface area contributed by atoms with E-state index in [9.17, 15) is 4.79 Å². The molecule has 1 aliphatic rings. The van der Waals surface area contributed by atoms with Gasteiger partial charge in [0, 0.05) is 23.6 Å². The molecule has 5 nitrogen and oxygen atoms in total. The average molecular weight is 410 g/mol. The van der Waals surface area contributed by atoms with Crippen LogP contribution in [-0.4, -0.2) is 34.7 Å². The van der Waals surface area contributed by atoms with Crippen molar-refractivity contribution in [2.75, 3.05) is 13.7 Å². The van der Waals surface area contributed by atoms with Crippen molar-refractivity contribution in [3.8, 4) is 16.9 Å². The van der Waals surface area contributed by atoms with Gasteiger partial charge in [0.2, 0.25) is 5.91 Å². The minimum Gasteiger partial charge on any atom is -0.497 e. The number of nitrogens with one attached hydrogen (secondary N) is 1. The molecule has 150 valence electrons. The molecule has 1 aromatic heterocycles. The minimum atomic E-state index is 0.0245. The van der Waals surface area contributed by atoms with E-state index in [4.69, 9.17) is 16.3 Å². The lowest BCUT2D eigenvalue weighted by atomic mass is 10.0. The van der Waals surface area contributed by atoms with Crippen LogP contribution in [-0.2, 0) is 11.2 Å². The lowest BCUT2D eigenvalue weighted by Crippen LogP contribution is -2.31. The number of rotatable bonds is 6. The Bertz CT molecular complexity index is 984. The van der Waals surface area contributed by atoms with E-state index in [-0.39, 0.29) is 11.9 Å². The van der Waals surface area contributed by atoms with Crippen LogP contribution in [0, 0.1) is 0 Å². The fraction of sp³-hybridized carbons (Fsp3) is 0.304. The number of benzene rings is 2. The SMILES string of the molecule is COc1cccc(-c2cn[nH]c2[C@@H]2CCCN2C(=O)CCc2ccc(Cl)cc2)c1. The molecule has 1 fully saturated rings. The summed E-state index contributed by atoms with van der Waals surface area (Å²) < 4.78 is 5.36. The van der Waals surface area contributed by atoms with Gasteiger partial charge in [0.15, 0.2) is 0 Å². The number of likely N-dealkylation sites (tertiary alicyclic amines) is 1. The topological polar surface area (TPSA) is 58.2 Å². The van der Waals surface area contributed by atoms with Gasteiger partial charge >= 0.3 is 0 Å². The highest BCUT2D eigenvalue weighted by Gasteiger charge is 2.32. The second-order valence-electron chi connectivity index (χ2n) is 7.30. The van der Waals surface area contributed by atoms with Gasteiger partial charge in [0.05, 0.1) is 25.0 Å². The molecule has 1 saturated heterocycles. The largest absolute Gasteiger partial charge is 0.497 e. The fourth-order valence-corrected chi connectivity index (χ4v) is 4.11. The molecular formula is C23H24ClN3O2. The standard InChI is InChI=1S/C23H24ClN3O2/c1-29-19-5-2-4-17(14-19)20-15-25-26-23(20)21-6-3-13-27(21)22(28)12-9-16-7-10-18(24)11-8-16/h2,4-5,7-8,10-11,14-15,21H,3,6,9,12-13H2,1H3,(H,25,26)/t21-/m0/s1. The summed E-state index contributed by atoms with van der Waals surface area (Å²) in [6.45, 7) is 0.778. The number of nitrogens with zero attached hydrogens (tertiary/aromatic N) is 2. The van der Waals surface area contributed by atoms with Crippen molar-refractivity contribution in [3.05, 3.63) is 71.0 Å². The summed E-state index contributed by atoms with van der Waals surface area (Å²) in [4.78, 5) is 15.0. The van der Waals surface area contributed by atoms with Crippen molar-refractivity contribution in [1.29, 1.82) is 0 Å². The summed E-state index contributed by atoms with van der Waals surface area (Å²) in [5.74, 6) is 0.977. The molecule has 1 aliphatic heterocycles. The molecule has 0 aliphatic carbocycles. The quantitative estimate of drug-likeness (QED) is 0.620. The summed E-state index contributed by atoms with van der Waals surface area (Å²) >= 11 is 5.95. The van der Waals surface area contributed by atoms with Crippen LogP contribution in [0.25, 0.3) is 11.1 Å². The van der Waals surface area contributed by atoms with Gasteiger partial charge in [0.1, 0.15) is 5.75 Å². The minimum absolute atomic E-state index is 0.0245. The van der Waals surface area contributed by atoms with E-state index in [1.54, 1.807) is 7.11 Å². The first-order chi connectivity index (χ1) is 14.2. The Morgan fingerprint density at radius 1 is 1.28 bits per heavy atom. The maximum Gasteiger partial charge on any atom is 0.223 e. The van der Waals surface area contributed by atoms with Crippen molar-refractivity contribution in [3.63, 3.8) is 0 Å². The molecule has 0 unspecified atom stereocenters. The molecule has 3 aromatic rings. The number of aromatic nitrogens is 2. The number of hydrogen-bond acceptors (Lipinski definition) is 3. The predicted octanol–water partition coefficient (Wildman–Crippen LogP) is 5.04. The Morgan fingerprint density at radius 3 is 2.90 bits per heavy atom. The number of carbonyl (C=O) groups excluding carboxylic acids is 1. The number of hydrogen-bond donors (Lipinski definition) is 1. The van der Waals surface area contributed by atoms with E-state index in [2.05, 4.69) is 10.2 Å². The predicted molar refractivity (Wildman–Crippen MR) is 114 cm³/mol. The highest BCUT2D eigenvalue weighted by atomic mass is 35.5. The van der Waals surface area contributed by atoms with Crippen molar-refractivity contribution in [1.82, 2.24) is 15.1 Å². The lowest BCUT2D eigenvalue weighted by molar-refractivity contribution is -0.132. The van der Waals surface area contributed by atoms with Crippen LogP contribution in [0.4, 0.5) is 0 Å². The van der Waals surface area contributed by atoms with Gasteiger partial charge in [-0.05, 0) is 54.7 Å². The lowest BCUT2D eigenvalue weighted by Gasteiger charge is -2.25. The van der Waals surface area contributed by atoms with E-state index < -0.39 is 0 Å². The highest BCUT2D eigenvalue weighted by Crippen LogP contribution is 2.37. The number of aromatic amines is 1. The van der Waals surface area contributed by atoms with E-state index >= 15 is 0 Å². The van der Waals surface area contributed by atoms with Crippen LogP contribution in [0.3, 0.4) is 0 Å². The Kier molecular flexibility index (Phi) is 5.86. The average Bonchev–Trinajstić information content (AvgIpc) is 3.42. The van der Waals surface area contributed by atoms with Gasteiger partial charge in [0.25, 0.3) is 0 Å². The molecule has 29 heavy (non-hydrogen) atoms. The zero-order valence-corrected chi connectivity index (χ0v) is 17.2. The maximum atomic E-state index is 13.0. The van der Waals surface area contributed by atoms with Crippen LogP contribution >= 0.6 is 11.6 Å². The summed E-state index contributed by atoms with van der Waals surface area (Å²) in [6, 6.07) is 15.6. The summed E-state index contributed by atoms with van der Waals surface area (Å²) in [5, 5.41) is 8.14. The van der Waals surface area contributed by atoms with Crippen LogP contribution in [0.5, 0.6) is 5.75 Å². The normalized spacial score (nSPS) is 16.2.